The molecule has 0 saturated carbocycles. The summed E-state index contributed by atoms with van der Waals surface area (Å²) in [5.41, 5.74) is 14.8. The average molecular weight is 365 g/mol. The van der Waals surface area contributed by atoms with Crippen LogP contribution in [-0.4, -0.2) is 29.1 Å². The highest BCUT2D eigenvalue weighted by atomic mass is 15.2. The number of aryl methyl sites for hydroxylation is 1. The van der Waals surface area contributed by atoms with Gasteiger partial charge in [0.1, 0.15) is 5.82 Å². The smallest absolute Gasteiger partial charge is 0.229 e. The van der Waals surface area contributed by atoms with E-state index in [0.29, 0.717) is 22.9 Å². The van der Waals surface area contributed by atoms with Gasteiger partial charge < -0.3 is 21.7 Å². The fraction of sp³-hybridized carbons (Fsp3) is 0.450. The first-order valence-electron chi connectivity index (χ1n) is 9.53. The summed E-state index contributed by atoms with van der Waals surface area (Å²) in [6, 6.07) is 9.53. The zero-order valence-corrected chi connectivity index (χ0v) is 15.8. The van der Waals surface area contributed by atoms with E-state index in [4.69, 9.17) is 21.7 Å². The topological polar surface area (TPSA) is 117 Å². The SMILES string of the molecule is CCCCc1cc(N2CCC[C@@H](N)C2)nc(Nc2cc(N)cc(C#N)c2)n1. The number of rotatable bonds is 6. The largest absolute Gasteiger partial charge is 0.399 e. The highest BCUT2D eigenvalue weighted by Crippen LogP contribution is 2.24. The molecule has 3 rings (SSSR count). The van der Waals surface area contributed by atoms with Gasteiger partial charge in [-0.05, 0) is 43.9 Å². The van der Waals surface area contributed by atoms with E-state index in [1.807, 2.05) is 0 Å². The molecule has 1 aliphatic heterocycles. The number of nitrogens with zero attached hydrogens (tertiary/aromatic N) is 4. The van der Waals surface area contributed by atoms with Crippen LogP contribution in [0.4, 0.5) is 23.1 Å². The van der Waals surface area contributed by atoms with E-state index in [0.717, 1.165) is 56.7 Å². The maximum Gasteiger partial charge on any atom is 0.229 e. The van der Waals surface area contributed by atoms with Crippen molar-refractivity contribution in [1.82, 2.24) is 9.97 Å². The van der Waals surface area contributed by atoms with Gasteiger partial charge in [0.15, 0.2) is 0 Å². The monoisotopic (exact) mass is 365 g/mol. The van der Waals surface area contributed by atoms with E-state index in [2.05, 4.69) is 34.3 Å². The Morgan fingerprint density at radius 1 is 1.30 bits per heavy atom. The highest BCUT2D eigenvalue weighted by Gasteiger charge is 2.19. The second kappa shape index (κ2) is 8.69. The van der Waals surface area contributed by atoms with Crippen LogP contribution in [0.2, 0.25) is 0 Å². The van der Waals surface area contributed by atoms with Crippen LogP contribution in [0.15, 0.2) is 24.3 Å². The molecule has 0 aliphatic carbocycles. The number of benzene rings is 1. The number of hydrogen-bond acceptors (Lipinski definition) is 7. The standard InChI is InChI=1S/C20H27N7/c1-2-3-6-17-11-19(27-7-4-5-15(22)13-27)26-20(24-17)25-18-9-14(12-21)8-16(23)10-18/h8-11,15H,2-7,13,22-23H2,1H3,(H,24,25,26)/t15-/m1/s1. The highest BCUT2D eigenvalue weighted by molar-refractivity contribution is 5.64. The molecule has 2 heterocycles. The molecule has 1 atom stereocenters. The fourth-order valence-corrected chi connectivity index (χ4v) is 3.32. The van der Waals surface area contributed by atoms with Gasteiger partial charge in [0.2, 0.25) is 5.95 Å². The minimum atomic E-state index is 0.177. The quantitative estimate of drug-likeness (QED) is 0.674. The first-order valence-corrected chi connectivity index (χ1v) is 9.53. The minimum Gasteiger partial charge on any atom is -0.399 e. The summed E-state index contributed by atoms with van der Waals surface area (Å²) in [5, 5.41) is 12.4. The molecule has 0 unspecified atom stereocenters. The molecule has 5 N–H and O–H groups in total. The van der Waals surface area contributed by atoms with E-state index in [-0.39, 0.29) is 6.04 Å². The number of nitrogens with one attached hydrogen (secondary N) is 1. The molecule has 1 aromatic heterocycles. The van der Waals surface area contributed by atoms with Crippen molar-refractivity contribution in [1.29, 1.82) is 5.26 Å². The van der Waals surface area contributed by atoms with Crippen molar-refractivity contribution in [3.05, 3.63) is 35.5 Å². The zero-order chi connectivity index (χ0) is 19.2. The molecule has 1 aromatic carbocycles. The van der Waals surface area contributed by atoms with Gasteiger partial charge in [0, 0.05) is 42.3 Å². The maximum absolute atomic E-state index is 9.15. The van der Waals surface area contributed by atoms with Crippen LogP contribution < -0.4 is 21.7 Å². The number of unbranched alkanes of at least 4 members (excludes halogenated alkanes) is 1. The predicted octanol–water partition coefficient (Wildman–Crippen LogP) is 2.94. The van der Waals surface area contributed by atoms with Crippen LogP contribution in [0.5, 0.6) is 0 Å². The third-order valence-corrected chi connectivity index (χ3v) is 4.67. The molecule has 0 bridgehead atoms. The van der Waals surface area contributed by atoms with E-state index in [1.165, 1.54) is 0 Å². The number of aromatic nitrogens is 2. The number of anilines is 4. The molecule has 142 valence electrons. The van der Waals surface area contributed by atoms with E-state index in [9.17, 15) is 0 Å². The molecule has 1 saturated heterocycles. The minimum absolute atomic E-state index is 0.177. The van der Waals surface area contributed by atoms with Crippen LogP contribution >= 0.6 is 0 Å². The normalized spacial score (nSPS) is 16.8. The molecule has 0 radical (unpaired) electrons. The van der Waals surface area contributed by atoms with Gasteiger partial charge in [-0.1, -0.05) is 13.3 Å². The third-order valence-electron chi connectivity index (χ3n) is 4.67. The maximum atomic E-state index is 9.15. The average Bonchev–Trinajstić information content (AvgIpc) is 2.65. The fourth-order valence-electron chi connectivity index (χ4n) is 3.32. The molecular weight excluding hydrogens is 338 g/mol. The van der Waals surface area contributed by atoms with Crippen molar-refractivity contribution in [3.8, 4) is 6.07 Å². The molecular formula is C20H27N7. The van der Waals surface area contributed by atoms with Crippen molar-refractivity contribution >= 4 is 23.1 Å². The lowest BCUT2D eigenvalue weighted by Crippen LogP contribution is -2.43. The Morgan fingerprint density at radius 3 is 2.89 bits per heavy atom. The van der Waals surface area contributed by atoms with Gasteiger partial charge in [-0.2, -0.15) is 10.2 Å². The summed E-state index contributed by atoms with van der Waals surface area (Å²) in [6.07, 6.45) is 5.21. The molecule has 2 aromatic rings. The van der Waals surface area contributed by atoms with Crippen molar-refractivity contribution < 1.29 is 0 Å². The summed E-state index contributed by atoms with van der Waals surface area (Å²) < 4.78 is 0. The summed E-state index contributed by atoms with van der Waals surface area (Å²) >= 11 is 0. The van der Waals surface area contributed by atoms with Crippen molar-refractivity contribution in [2.75, 3.05) is 29.0 Å². The van der Waals surface area contributed by atoms with Crippen molar-refractivity contribution in [2.24, 2.45) is 5.73 Å². The second-order valence-corrected chi connectivity index (χ2v) is 7.07. The number of piperidine rings is 1. The van der Waals surface area contributed by atoms with Gasteiger partial charge in [-0.15, -0.1) is 0 Å². The summed E-state index contributed by atoms with van der Waals surface area (Å²) in [5.74, 6) is 1.42. The second-order valence-electron chi connectivity index (χ2n) is 7.07. The Morgan fingerprint density at radius 2 is 2.15 bits per heavy atom. The first kappa shape index (κ1) is 18.9. The van der Waals surface area contributed by atoms with Crippen LogP contribution in [0, 0.1) is 11.3 Å². The molecule has 0 amide bonds. The van der Waals surface area contributed by atoms with E-state index < -0.39 is 0 Å². The summed E-state index contributed by atoms with van der Waals surface area (Å²) in [6.45, 7) is 3.93. The van der Waals surface area contributed by atoms with Gasteiger partial charge in [0.05, 0.1) is 11.6 Å². The van der Waals surface area contributed by atoms with Crippen LogP contribution in [0.25, 0.3) is 0 Å². The Bertz CT molecular complexity index is 828. The predicted molar refractivity (Wildman–Crippen MR) is 109 cm³/mol. The van der Waals surface area contributed by atoms with Gasteiger partial charge in [-0.3, -0.25) is 0 Å². The number of hydrogen-bond donors (Lipinski definition) is 3. The van der Waals surface area contributed by atoms with E-state index >= 15 is 0 Å². The number of nitrogens with two attached hydrogens (primary N) is 2. The van der Waals surface area contributed by atoms with E-state index in [1.54, 1.807) is 18.2 Å². The molecule has 1 aliphatic rings. The number of nitriles is 1. The lowest BCUT2D eigenvalue weighted by molar-refractivity contribution is 0.503. The molecule has 1 fully saturated rings. The summed E-state index contributed by atoms with van der Waals surface area (Å²) in [7, 11) is 0. The van der Waals surface area contributed by atoms with Gasteiger partial charge >= 0.3 is 0 Å². The Balaban J connectivity index is 1.90. The lowest BCUT2D eigenvalue weighted by atomic mass is 10.1. The third kappa shape index (κ3) is 5.08. The first-order chi connectivity index (χ1) is 13.1. The molecule has 7 nitrogen and oxygen atoms in total. The van der Waals surface area contributed by atoms with Gasteiger partial charge in [-0.25, -0.2) is 4.98 Å². The molecule has 0 spiro atoms. The Labute approximate surface area is 160 Å². The van der Waals surface area contributed by atoms with Crippen LogP contribution in [0.1, 0.15) is 43.9 Å². The lowest BCUT2D eigenvalue weighted by Gasteiger charge is -2.32. The molecule has 27 heavy (non-hydrogen) atoms. The van der Waals surface area contributed by atoms with Crippen LogP contribution in [0.3, 0.4) is 0 Å². The van der Waals surface area contributed by atoms with Gasteiger partial charge in [0.25, 0.3) is 0 Å². The van der Waals surface area contributed by atoms with Crippen molar-refractivity contribution in [3.63, 3.8) is 0 Å². The van der Waals surface area contributed by atoms with Crippen molar-refractivity contribution in [2.45, 2.75) is 45.1 Å². The van der Waals surface area contributed by atoms with Crippen LogP contribution in [-0.2, 0) is 6.42 Å². The Hall–Kier alpha value is -2.85. The number of nitrogen functional groups attached to an aromatic ring is 1. The molecule has 7 heteroatoms. The summed E-state index contributed by atoms with van der Waals surface area (Å²) in [4.78, 5) is 11.6. The zero-order valence-electron chi connectivity index (χ0n) is 15.8. The Kier molecular flexibility index (Phi) is 6.09.